The number of nitrogens with zero attached hydrogens (tertiary/aromatic N) is 1. The number of nitrogens with one attached hydrogen (secondary N) is 1. The summed E-state index contributed by atoms with van der Waals surface area (Å²) in [5, 5.41) is 3.63. The second-order valence-corrected chi connectivity index (χ2v) is 7.15. The maximum Gasteiger partial charge on any atom is 0.0244 e. The first kappa shape index (κ1) is 14.0. The van der Waals surface area contributed by atoms with Crippen LogP contribution >= 0.6 is 15.9 Å². The van der Waals surface area contributed by atoms with Crippen molar-refractivity contribution in [1.82, 2.24) is 10.2 Å². The molecule has 0 radical (unpaired) electrons. The Morgan fingerprint density at radius 3 is 2.56 bits per heavy atom. The minimum atomic E-state index is 0.332. The van der Waals surface area contributed by atoms with Gasteiger partial charge in [-0.1, -0.05) is 48.8 Å². The third-order valence-corrected chi connectivity index (χ3v) is 4.15. The zero-order valence-corrected chi connectivity index (χ0v) is 13.1. The largest absolute Gasteiger partial charge is 0.311 e. The summed E-state index contributed by atoms with van der Waals surface area (Å²) in [6.07, 6.45) is 0. The van der Waals surface area contributed by atoms with E-state index in [1.807, 2.05) is 0 Å². The van der Waals surface area contributed by atoms with Gasteiger partial charge in [-0.2, -0.15) is 0 Å². The summed E-state index contributed by atoms with van der Waals surface area (Å²) in [6, 6.07) is 9.25. The summed E-state index contributed by atoms with van der Waals surface area (Å²) in [7, 11) is 0. The number of halogens is 1. The molecule has 1 aromatic rings. The molecule has 0 amide bonds. The van der Waals surface area contributed by atoms with Crippen molar-refractivity contribution in [1.29, 1.82) is 0 Å². The van der Waals surface area contributed by atoms with Crippen LogP contribution < -0.4 is 5.32 Å². The van der Waals surface area contributed by atoms with Crippen molar-refractivity contribution in [2.75, 3.05) is 19.6 Å². The maximum atomic E-state index is 3.63. The molecule has 100 valence electrons. The highest BCUT2D eigenvalue weighted by Crippen LogP contribution is 2.22. The zero-order valence-electron chi connectivity index (χ0n) is 11.5. The van der Waals surface area contributed by atoms with Crippen molar-refractivity contribution in [3.8, 4) is 0 Å². The maximum absolute atomic E-state index is 3.63. The topological polar surface area (TPSA) is 15.3 Å². The van der Waals surface area contributed by atoms with Crippen LogP contribution in [0.1, 0.15) is 26.3 Å². The molecular weight excluding hydrogens is 288 g/mol. The van der Waals surface area contributed by atoms with Gasteiger partial charge < -0.3 is 5.32 Å². The van der Waals surface area contributed by atoms with Crippen molar-refractivity contribution >= 4 is 15.9 Å². The summed E-state index contributed by atoms with van der Waals surface area (Å²) in [5.74, 6) is 0. The van der Waals surface area contributed by atoms with Crippen LogP contribution in [0, 0.1) is 5.41 Å². The third kappa shape index (κ3) is 3.81. The Kier molecular flexibility index (Phi) is 4.46. The molecule has 18 heavy (non-hydrogen) atoms. The predicted molar refractivity (Wildman–Crippen MR) is 80.7 cm³/mol. The number of benzene rings is 1. The van der Waals surface area contributed by atoms with Crippen LogP contribution in [-0.2, 0) is 6.54 Å². The van der Waals surface area contributed by atoms with E-state index in [0.717, 1.165) is 30.7 Å². The van der Waals surface area contributed by atoms with Crippen molar-refractivity contribution in [3.05, 3.63) is 34.3 Å². The highest BCUT2D eigenvalue weighted by molar-refractivity contribution is 9.10. The molecular formula is C15H23BrN2. The molecule has 1 atom stereocenters. The van der Waals surface area contributed by atoms with E-state index in [2.05, 4.69) is 71.2 Å². The van der Waals surface area contributed by atoms with Gasteiger partial charge in [-0.05, 0) is 23.1 Å². The molecule has 1 aliphatic heterocycles. The molecule has 1 fully saturated rings. The van der Waals surface area contributed by atoms with Crippen LogP contribution in [0.5, 0.6) is 0 Å². The lowest BCUT2D eigenvalue weighted by molar-refractivity contribution is 0.129. The standard InChI is InChI=1S/C15H23BrN2/c1-15(2,3)14-11-18(9-8-17-14)10-12-4-6-13(16)7-5-12/h4-7,14,17H,8-11H2,1-3H3. The van der Waals surface area contributed by atoms with Gasteiger partial charge in [0.25, 0.3) is 0 Å². The molecule has 0 aromatic heterocycles. The third-order valence-electron chi connectivity index (χ3n) is 3.62. The van der Waals surface area contributed by atoms with E-state index in [1.54, 1.807) is 0 Å². The minimum absolute atomic E-state index is 0.332. The lowest BCUT2D eigenvalue weighted by Crippen LogP contribution is -2.55. The molecule has 1 saturated heterocycles. The van der Waals surface area contributed by atoms with E-state index >= 15 is 0 Å². The first-order chi connectivity index (χ1) is 8.45. The first-order valence-electron chi connectivity index (χ1n) is 6.65. The average molecular weight is 311 g/mol. The van der Waals surface area contributed by atoms with Gasteiger partial charge in [0, 0.05) is 36.7 Å². The van der Waals surface area contributed by atoms with Crippen molar-refractivity contribution in [3.63, 3.8) is 0 Å². The predicted octanol–water partition coefficient (Wildman–Crippen LogP) is 3.27. The van der Waals surface area contributed by atoms with Gasteiger partial charge in [-0.15, -0.1) is 0 Å². The van der Waals surface area contributed by atoms with E-state index < -0.39 is 0 Å². The number of piperazine rings is 1. The fraction of sp³-hybridized carbons (Fsp3) is 0.600. The molecule has 0 bridgehead atoms. The highest BCUT2D eigenvalue weighted by Gasteiger charge is 2.28. The molecule has 1 aliphatic rings. The highest BCUT2D eigenvalue weighted by atomic mass is 79.9. The number of rotatable bonds is 2. The lowest BCUT2D eigenvalue weighted by Gasteiger charge is -2.40. The Morgan fingerprint density at radius 1 is 1.28 bits per heavy atom. The lowest BCUT2D eigenvalue weighted by atomic mass is 9.85. The minimum Gasteiger partial charge on any atom is -0.311 e. The van der Waals surface area contributed by atoms with Crippen molar-refractivity contribution in [2.45, 2.75) is 33.4 Å². The molecule has 0 spiro atoms. The van der Waals surface area contributed by atoms with Gasteiger partial charge in [0.1, 0.15) is 0 Å². The van der Waals surface area contributed by atoms with Crippen LogP contribution in [0.4, 0.5) is 0 Å². The Balaban J connectivity index is 1.95. The molecule has 3 heteroatoms. The summed E-state index contributed by atoms with van der Waals surface area (Å²) >= 11 is 3.48. The van der Waals surface area contributed by atoms with Crippen LogP contribution in [0.3, 0.4) is 0 Å². The molecule has 2 nitrogen and oxygen atoms in total. The summed E-state index contributed by atoms with van der Waals surface area (Å²) in [6.45, 7) is 11.4. The summed E-state index contributed by atoms with van der Waals surface area (Å²) in [4.78, 5) is 2.55. The molecule has 0 aliphatic carbocycles. The average Bonchev–Trinajstić information content (AvgIpc) is 2.31. The van der Waals surface area contributed by atoms with Gasteiger partial charge in [0.05, 0.1) is 0 Å². The normalized spacial score (nSPS) is 22.1. The van der Waals surface area contributed by atoms with E-state index in [4.69, 9.17) is 0 Å². The number of hydrogen-bond acceptors (Lipinski definition) is 2. The van der Waals surface area contributed by atoms with Gasteiger partial charge in [-0.25, -0.2) is 0 Å². The second-order valence-electron chi connectivity index (χ2n) is 6.23. The molecule has 1 heterocycles. The van der Waals surface area contributed by atoms with E-state index in [9.17, 15) is 0 Å². The molecule has 1 N–H and O–H groups in total. The fourth-order valence-corrected chi connectivity index (χ4v) is 2.65. The summed E-state index contributed by atoms with van der Waals surface area (Å²) in [5.41, 5.74) is 1.73. The van der Waals surface area contributed by atoms with Crippen molar-refractivity contribution in [2.24, 2.45) is 5.41 Å². The second kappa shape index (κ2) is 5.72. The smallest absolute Gasteiger partial charge is 0.0244 e. The SMILES string of the molecule is CC(C)(C)C1CN(Cc2ccc(Br)cc2)CCN1. The molecule has 1 unspecified atom stereocenters. The van der Waals surface area contributed by atoms with Crippen LogP contribution in [0.2, 0.25) is 0 Å². The van der Waals surface area contributed by atoms with Crippen LogP contribution in [-0.4, -0.2) is 30.6 Å². The molecule has 1 aromatic carbocycles. The van der Waals surface area contributed by atoms with Crippen LogP contribution in [0.25, 0.3) is 0 Å². The van der Waals surface area contributed by atoms with Crippen molar-refractivity contribution < 1.29 is 0 Å². The molecule has 0 saturated carbocycles. The van der Waals surface area contributed by atoms with Gasteiger partial charge in [0.15, 0.2) is 0 Å². The Morgan fingerprint density at radius 2 is 1.94 bits per heavy atom. The fourth-order valence-electron chi connectivity index (χ4n) is 2.38. The Labute approximate surface area is 119 Å². The van der Waals surface area contributed by atoms with E-state index in [0.29, 0.717) is 11.5 Å². The quantitative estimate of drug-likeness (QED) is 0.902. The van der Waals surface area contributed by atoms with E-state index in [-0.39, 0.29) is 0 Å². The Hall–Kier alpha value is -0.380. The van der Waals surface area contributed by atoms with Gasteiger partial charge >= 0.3 is 0 Å². The van der Waals surface area contributed by atoms with E-state index in [1.165, 1.54) is 5.56 Å². The van der Waals surface area contributed by atoms with Gasteiger partial charge in [-0.3, -0.25) is 4.90 Å². The number of hydrogen-bond donors (Lipinski definition) is 1. The van der Waals surface area contributed by atoms with Crippen LogP contribution in [0.15, 0.2) is 28.7 Å². The monoisotopic (exact) mass is 310 g/mol. The Bertz CT molecular complexity index is 380. The van der Waals surface area contributed by atoms with Gasteiger partial charge in [0.2, 0.25) is 0 Å². The zero-order chi connectivity index (χ0) is 13.2. The molecule has 2 rings (SSSR count). The summed E-state index contributed by atoms with van der Waals surface area (Å²) < 4.78 is 1.15. The first-order valence-corrected chi connectivity index (χ1v) is 7.44.